The van der Waals surface area contributed by atoms with Crippen molar-refractivity contribution in [1.82, 2.24) is 0 Å². The van der Waals surface area contributed by atoms with Crippen LogP contribution in [0.25, 0.3) is 0 Å². The molecule has 1 spiro atoms. The number of hydrogen-bond acceptors (Lipinski definition) is 2. The topological polar surface area (TPSA) is 18.5 Å². The summed E-state index contributed by atoms with van der Waals surface area (Å²) in [7, 11) is 0. The minimum absolute atomic E-state index is 0.168. The van der Waals surface area contributed by atoms with E-state index >= 15 is 0 Å². The highest BCUT2D eigenvalue weighted by molar-refractivity contribution is 4.88. The molecule has 1 heterocycles. The predicted molar refractivity (Wildman–Crippen MR) is 42.2 cm³/mol. The molecule has 1 aliphatic carbocycles. The van der Waals surface area contributed by atoms with Crippen molar-refractivity contribution in [3.05, 3.63) is 0 Å². The summed E-state index contributed by atoms with van der Waals surface area (Å²) in [5, 5.41) is 0. The fraction of sp³-hybridized carbons (Fsp3) is 1.00. The molecule has 1 aliphatic heterocycles. The van der Waals surface area contributed by atoms with Gasteiger partial charge in [-0.05, 0) is 11.8 Å². The van der Waals surface area contributed by atoms with Crippen molar-refractivity contribution in [1.29, 1.82) is 0 Å². The average Bonchev–Trinajstić information content (AvgIpc) is 2.46. The zero-order chi connectivity index (χ0) is 7.90. The van der Waals surface area contributed by atoms with E-state index in [2.05, 4.69) is 13.8 Å². The van der Waals surface area contributed by atoms with E-state index in [-0.39, 0.29) is 5.79 Å². The minimum Gasteiger partial charge on any atom is -0.348 e. The van der Waals surface area contributed by atoms with Crippen molar-refractivity contribution in [2.75, 3.05) is 13.2 Å². The zero-order valence-electron chi connectivity index (χ0n) is 7.30. The van der Waals surface area contributed by atoms with Gasteiger partial charge in [0.2, 0.25) is 0 Å². The van der Waals surface area contributed by atoms with E-state index in [0.717, 1.165) is 37.9 Å². The third-order valence-corrected chi connectivity index (χ3v) is 3.05. The van der Waals surface area contributed by atoms with Gasteiger partial charge in [0.15, 0.2) is 5.79 Å². The highest BCUT2D eigenvalue weighted by Gasteiger charge is 2.45. The van der Waals surface area contributed by atoms with E-state index in [1.54, 1.807) is 0 Å². The molecule has 0 aromatic rings. The molecule has 2 nitrogen and oxygen atoms in total. The molecule has 0 radical (unpaired) electrons. The number of ether oxygens (including phenoxy) is 2. The Kier molecular flexibility index (Phi) is 1.69. The lowest BCUT2D eigenvalue weighted by atomic mass is 10.0. The standard InChI is InChI=1S/C9H16O2/c1-7-5-9(6-8(7)2)10-3-4-11-9/h7-8H,3-6H2,1-2H3/t7-,8?/m0/s1. The Labute approximate surface area is 67.9 Å². The van der Waals surface area contributed by atoms with Gasteiger partial charge in [-0.25, -0.2) is 0 Å². The molecule has 2 heteroatoms. The Hall–Kier alpha value is -0.0800. The van der Waals surface area contributed by atoms with Crippen molar-refractivity contribution in [3.63, 3.8) is 0 Å². The molecule has 1 saturated carbocycles. The Morgan fingerprint density at radius 2 is 1.45 bits per heavy atom. The first-order valence-corrected chi connectivity index (χ1v) is 4.50. The van der Waals surface area contributed by atoms with Crippen LogP contribution in [0.3, 0.4) is 0 Å². The molecule has 0 amide bonds. The summed E-state index contributed by atoms with van der Waals surface area (Å²) in [5.41, 5.74) is 0. The van der Waals surface area contributed by atoms with Crippen LogP contribution in [-0.4, -0.2) is 19.0 Å². The largest absolute Gasteiger partial charge is 0.348 e. The molecule has 2 rings (SSSR count). The SMILES string of the molecule is CC1CC2(C[C@@H]1C)OCCO2. The summed E-state index contributed by atoms with van der Waals surface area (Å²) in [4.78, 5) is 0. The monoisotopic (exact) mass is 156 g/mol. The van der Waals surface area contributed by atoms with Crippen LogP contribution in [0.15, 0.2) is 0 Å². The van der Waals surface area contributed by atoms with E-state index < -0.39 is 0 Å². The summed E-state index contributed by atoms with van der Waals surface area (Å²) >= 11 is 0. The van der Waals surface area contributed by atoms with Gasteiger partial charge >= 0.3 is 0 Å². The van der Waals surface area contributed by atoms with Gasteiger partial charge in [-0.3, -0.25) is 0 Å². The van der Waals surface area contributed by atoms with E-state index in [4.69, 9.17) is 9.47 Å². The van der Waals surface area contributed by atoms with E-state index in [1.807, 2.05) is 0 Å². The van der Waals surface area contributed by atoms with Crippen LogP contribution in [0.1, 0.15) is 26.7 Å². The van der Waals surface area contributed by atoms with Gasteiger partial charge in [0.1, 0.15) is 0 Å². The minimum atomic E-state index is -0.168. The lowest BCUT2D eigenvalue weighted by Gasteiger charge is -2.20. The normalized spacial score (nSPS) is 42.0. The zero-order valence-corrected chi connectivity index (χ0v) is 7.30. The summed E-state index contributed by atoms with van der Waals surface area (Å²) < 4.78 is 11.2. The first-order valence-electron chi connectivity index (χ1n) is 4.50. The summed E-state index contributed by atoms with van der Waals surface area (Å²) in [6, 6.07) is 0. The van der Waals surface area contributed by atoms with Gasteiger partial charge < -0.3 is 9.47 Å². The fourth-order valence-corrected chi connectivity index (χ4v) is 2.20. The van der Waals surface area contributed by atoms with Gasteiger partial charge in [-0.1, -0.05) is 13.8 Å². The first-order chi connectivity index (χ1) is 5.22. The van der Waals surface area contributed by atoms with Crippen LogP contribution in [-0.2, 0) is 9.47 Å². The fourth-order valence-electron chi connectivity index (χ4n) is 2.20. The van der Waals surface area contributed by atoms with Crippen molar-refractivity contribution < 1.29 is 9.47 Å². The molecule has 0 aromatic carbocycles. The molecule has 1 saturated heterocycles. The second kappa shape index (κ2) is 2.46. The van der Waals surface area contributed by atoms with Gasteiger partial charge in [0, 0.05) is 12.8 Å². The van der Waals surface area contributed by atoms with Crippen molar-refractivity contribution in [2.24, 2.45) is 11.8 Å². The van der Waals surface area contributed by atoms with Crippen LogP contribution >= 0.6 is 0 Å². The summed E-state index contributed by atoms with van der Waals surface area (Å²) in [5.74, 6) is 1.35. The second-order valence-electron chi connectivity index (χ2n) is 3.97. The van der Waals surface area contributed by atoms with Gasteiger partial charge in [0.05, 0.1) is 13.2 Å². The van der Waals surface area contributed by atoms with Crippen molar-refractivity contribution in [2.45, 2.75) is 32.5 Å². The van der Waals surface area contributed by atoms with Crippen molar-refractivity contribution >= 4 is 0 Å². The molecular weight excluding hydrogens is 140 g/mol. The molecule has 0 bridgehead atoms. The molecule has 2 atom stereocenters. The lowest BCUT2D eigenvalue weighted by Crippen LogP contribution is -2.26. The smallest absolute Gasteiger partial charge is 0.169 e. The first kappa shape index (κ1) is 7.56. The number of hydrogen-bond donors (Lipinski definition) is 0. The second-order valence-corrected chi connectivity index (χ2v) is 3.97. The molecular formula is C9H16O2. The Balaban J connectivity index is 2.06. The molecule has 2 fully saturated rings. The lowest BCUT2D eigenvalue weighted by molar-refractivity contribution is -0.153. The molecule has 1 unspecified atom stereocenters. The van der Waals surface area contributed by atoms with Crippen LogP contribution in [0.4, 0.5) is 0 Å². The maximum atomic E-state index is 5.62. The van der Waals surface area contributed by atoms with Gasteiger partial charge in [-0.2, -0.15) is 0 Å². The van der Waals surface area contributed by atoms with E-state index in [0.29, 0.717) is 0 Å². The predicted octanol–water partition coefficient (Wildman–Crippen LogP) is 1.80. The van der Waals surface area contributed by atoms with E-state index in [9.17, 15) is 0 Å². The summed E-state index contributed by atoms with van der Waals surface area (Å²) in [6.07, 6.45) is 2.18. The average molecular weight is 156 g/mol. The molecule has 11 heavy (non-hydrogen) atoms. The third kappa shape index (κ3) is 1.18. The molecule has 0 aromatic heterocycles. The van der Waals surface area contributed by atoms with E-state index in [1.165, 1.54) is 0 Å². The van der Waals surface area contributed by atoms with Crippen LogP contribution in [0.5, 0.6) is 0 Å². The Morgan fingerprint density at radius 1 is 1.00 bits per heavy atom. The van der Waals surface area contributed by atoms with Gasteiger partial charge in [0.25, 0.3) is 0 Å². The summed E-state index contributed by atoms with van der Waals surface area (Å²) in [6.45, 7) is 6.15. The maximum Gasteiger partial charge on any atom is 0.169 e. The van der Waals surface area contributed by atoms with Gasteiger partial charge in [-0.15, -0.1) is 0 Å². The number of rotatable bonds is 0. The van der Waals surface area contributed by atoms with Crippen molar-refractivity contribution in [3.8, 4) is 0 Å². The molecule has 0 N–H and O–H groups in total. The Bertz CT molecular complexity index is 138. The van der Waals surface area contributed by atoms with Crippen LogP contribution < -0.4 is 0 Å². The Morgan fingerprint density at radius 3 is 1.91 bits per heavy atom. The highest BCUT2D eigenvalue weighted by atomic mass is 16.7. The van der Waals surface area contributed by atoms with Crippen LogP contribution in [0.2, 0.25) is 0 Å². The molecule has 2 aliphatic rings. The highest BCUT2D eigenvalue weighted by Crippen LogP contribution is 2.43. The van der Waals surface area contributed by atoms with Crippen LogP contribution in [0, 0.1) is 11.8 Å². The maximum absolute atomic E-state index is 5.62. The quantitative estimate of drug-likeness (QED) is 0.532. The third-order valence-electron chi connectivity index (χ3n) is 3.05. The molecule has 64 valence electrons.